The molecule has 4 rings (SSSR count). The van der Waals surface area contributed by atoms with Crippen LogP contribution in [0, 0.1) is 5.92 Å². The second-order valence-corrected chi connectivity index (χ2v) is 6.60. The fourth-order valence-corrected chi connectivity index (χ4v) is 3.49. The van der Waals surface area contributed by atoms with E-state index in [1.165, 1.54) is 16.5 Å². The third-order valence-electron chi connectivity index (χ3n) is 4.67. The molecule has 1 aliphatic heterocycles. The lowest BCUT2D eigenvalue weighted by molar-refractivity contribution is 0.121. The average molecular weight is 321 g/mol. The molecule has 24 heavy (non-hydrogen) atoms. The van der Waals surface area contributed by atoms with Gasteiger partial charge in [-0.25, -0.2) is 0 Å². The first-order valence-corrected chi connectivity index (χ1v) is 8.63. The number of H-pyrrole nitrogens is 1. The maximum Gasteiger partial charge on any atom is 0.0593 e. The molecule has 2 aromatic heterocycles. The first-order chi connectivity index (χ1) is 11.9. The van der Waals surface area contributed by atoms with Gasteiger partial charge in [0.25, 0.3) is 0 Å². The van der Waals surface area contributed by atoms with Crippen molar-refractivity contribution in [1.82, 2.24) is 14.9 Å². The first-order valence-electron chi connectivity index (χ1n) is 8.63. The molecule has 0 amide bonds. The van der Waals surface area contributed by atoms with Crippen LogP contribution in [0.15, 0.2) is 54.9 Å². The van der Waals surface area contributed by atoms with E-state index in [-0.39, 0.29) is 0 Å². The van der Waals surface area contributed by atoms with Crippen LogP contribution in [-0.4, -0.2) is 41.2 Å². The zero-order chi connectivity index (χ0) is 16.2. The summed E-state index contributed by atoms with van der Waals surface area (Å²) >= 11 is 0. The highest BCUT2D eigenvalue weighted by Gasteiger charge is 2.19. The summed E-state index contributed by atoms with van der Waals surface area (Å²) in [5, 5.41) is 1.27. The zero-order valence-electron chi connectivity index (χ0n) is 13.8. The SMILES string of the molecule is c1ccc(C[C@@H]2COCCN(Cc3ccc4cc[nH]c4c3)C2)nc1. The molecule has 4 nitrogen and oxygen atoms in total. The second kappa shape index (κ2) is 7.16. The Kier molecular flexibility index (Phi) is 4.58. The van der Waals surface area contributed by atoms with Crippen LogP contribution >= 0.6 is 0 Å². The smallest absolute Gasteiger partial charge is 0.0593 e. The Balaban J connectivity index is 1.43. The quantitative estimate of drug-likeness (QED) is 0.802. The Bertz CT molecular complexity index is 784. The van der Waals surface area contributed by atoms with Gasteiger partial charge in [0.1, 0.15) is 0 Å². The summed E-state index contributed by atoms with van der Waals surface area (Å²) in [5.74, 6) is 0.497. The van der Waals surface area contributed by atoms with Crippen molar-refractivity contribution in [3.63, 3.8) is 0 Å². The molecule has 3 heterocycles. The van der Waals surface area contributed by atoms with E-state index in [4.69, 9.17) is 4.74 Å². The minimum absolute atomic E-state index is 0.497. The molecule has 0 bridgehead atoms. The summed E-state index contributed by atoms with van der Waals surface area (Å²) < 4.78 is 5.83. The van der Waals surface area contributed by atoms with Crippen molar-refractivity contribution in [3.8, 4) is 0 Å². The fourth-order valence-electron chi connectivity index (χ4n) is 3.49. The number of benzene rings is 1. The Hall–Kier alpha value is -2.17. The van der Waals surface area contributed by atoms with Crippen molar-refractivity contribution < 1.29 is 4.74 Å². The molecule has 1 aromatic carbocycles. The lowest BCUT2D eigenvalue weighted by Crippen LogP contribution is -2.30. The zero-order valence-corrected chi connectivity index (χ0v) is 13.8. The van der Waals surface area contributed by atoms with Crippen LogP contribution < -0.4 is 0 Å². The Morgan fingerprint density at radius 1 is 1.21 bits per heavy atom. The second-order valence-electron chi connectivity index (χ2n) is 6.60. The molecular formula is C20H23N3O. The van der Waals surface area contributed by atoms with E-state index in [2.05, 4.69) is 51.3 Å². The molecule has 0 radical (unpaired) electrons. The van der Waals surface area contributed by atoms with Crippen LogP contribution in [0.25, 0.3) is 10.9 Å². The molecule has 4 heteroatoms. The topological polar surface area (TPSA) is 41.1 Å². The molecule has 3 aromatic rings. The highest BCUT2D eigenvalue weighted by atomic mass is 16.5. The number of nitrogens with one attached hydrogen (secondary N) is 1. The molecule has 0 saturated carbocycles. The largest absolute Gasteiger partial charge is 0.380 e. The van der Waals surface area contributed by atoms with Crippen molar-refractivity contribution in [2.75, 3.05) is 26.3 Å². The fraction of sp³-hybridized carbons (Fsp3) is 0.350. The Morgan fingerprint density at radius 2 is 2.21 bits per heavy atom. The molecule has 0 aliphatic carbocycles. The molecular weight excluding hydrogens is 298 g/mol. The Labute approximate surface area is 142 Å². The van der Waals surface area contributed by atoms with E-state index >= 15 is 0 Å². The van der Waals surface area contributed by atoms with E-state index in [9.17, 15) is 0 Å². The number of fused-ring (bicyclic) bond motifs is 1. The maximum atomic E-state index is 5.83. The van der Waals surface area contributed by atoms with E-state index in [0.717, 1.165) is 45.0 Å². The number of rotatable bonds is 4. The highest BCUT2D eigenvalue weighted by Crippen LogP contribution is 2.18. The summed E-state index contributed by atoms with van der Waals surface area (Å²) in [6.07, 6.45) is 4.85. The van der Waals surface area contributed by atoms with Gasteiger partial charge in [-0.05, 0) is 41.6 Å². The average Bonchev–Trinajstić information content (AvgIpc) is 2.96. The highest BCUT2D eigenvalue weighted by molar-refractivity contribution is 5.79. The maximum absolute atomic E-state index is 5.83. The predicted molar refractivity (Wildman–Crippen MR) is 95.8 cm³/mol. The molecule has 0 spiro atoms. The Morgan fingerprint density at radius 3 is 3.12 bits per heavy atom. The van der Waals surface area contributed by atoms with Gasteiger partial charge in [-0.1, -0.05) is 18.2 Å². The van der Waals surface area contributed by atoms with Crippen LogP contribution in [0.5, 0.6) is 0 Å². The van der Waals surface area contributed by atoms with Crippen molar-refractivity contribution in [3.05, 3.63) is 66.1 Å². The summed E-state index contributed by atoms with van der Waals surface area (Å²) in [6, 6.07) is 14.9. The van der Waals surface area contributed by atoms with Gasteiger partial charge < -0.3 is 9.72 Å². The third-order valence-corrected chi connectivity index (χ3v) is 4.67. The van der Waals surface area contributed by atoms with Crippen molar-refractivity contribution in [1.29, 1.82) is 0 Å². The number of pyridine rings is 1. The summed E-state index contributed by atoms with van der Waals surface area (Å²) in [6.45, 7) is 4.64. The van der Waals surface area contributed by atoms with Crippen molar-refractivity contribution in [2.45, 2.75) is 13.0 Å². The summed E-state index contributed by atoms with van der Waals surface area (Å²) in [5.41, 5.74) is 3.72. The normalized spacial score (nSPS) is 19.4. The molecule has 1 fully saturated rings. The molecule has 124 valence electrons. The third kappa shape index (κ3) is 3.66. The number of hydrogen-bond donors (Lipinski definition) is 1. The van der Waals surface area contributed by atoms with Crippen molar-refractivity contribution in [2.24, 2.45) is 5.92 Å². The molecule has 1 N–H and O–H groups in total. The van der Waals surface area contributed by atoms with Gasteiger partial charge >= 0.3 is 0 Å². The molecule has 1 aliphatic rings. The van der Waals surface area contributed by atoms with Gasteiger partial charge in [0.15, 0.2) is 0 Å². The standard InChI is InChI=1S/C20H23N3O/c1-2-7-21-19(3-1)11-17-14-23(9-10-24-15-17)13-16-4-5-18-6-8-22-20(18)12-16/h1-8,12,17,22H,9-11,13-15H2/t17-/m0/s1. The molecule has 1 atom stereocenters. The molecule has 1 saturated heterocycles. The van der Waals surface area contributed by atoms with Gasteiger partial charge in [-0.2, -0.15) is 0 Å². The van der Waals surface area contributed by atoms with Gasteiger partial charge in [-0.15, -0.1) is 0 Å². The number of aromatic amines is 1. The molecule has 0 unspecified atom stereocenters. The first kappa shape index (κ1) is 15.4. The van der Waals surface area contributed by atoms with E-state index < -0.39 is 0 Å². The van der Waals surface area contributed by atoms with Crippen LogP contribution in [-0.2, 0) is 17.7 Å². The minimum Gasteiger partial charge on any atom is -0.380 e. The summed E-state index contributed by atoms with van der Waals surface area (Å²) in [4.78, 5) is 10.3. The van der Waals surface area contributed by atoms with Crippen LogP contribution in [0.4, 0.5) is 0 Å². The van der Waals surface area contributed by atoms with Gasteiger partial charge in [0, 0.05) is 49.2 Å². The van der Waals surface area contributed by atoms with E-state index in [1.807, 2.05) is 18.5 Å². The predicted octanol–water partition coefficient (Wildman–Crippen LogP) is 3.25. The van der Waals surface area contributed by atoms with E-state index in [0.29, 0.717) is 5.92 Å². The van der Waals surface area contributed by atoms with Crippen LogP contribution in [0.3, 0.4) is 0 Å². The number of hydrogen-bond acceptors (Lipinski definition) is 3. The number of aromatic nitrogens is 2. The minimum atomic E-state index is 0.497. The van der Waals surface area contributed by atoms with Gasteiger partial charge in [0.05, 0.1) is 13.2 Å². The number of ether oxygens (including phenoxy) is 1. The lowest BCUT2D eigenvalue weighted by Gasteiger charge is -2.23. The lowest BCUT2D eigenvalue weighted by atomic mass is 10.0. The van der Waals surface area contributed by atoms with Gasteiger partial charge in [0.2, 0.25) is 0 Å². The van der Waals surface area contributed by atoms with E-state index in [1.54, 1.807) is 0 Å². The number of nitrogens with zero attached hydrogens (tertiary/aromatic N) is 2. The van der Waals surface area contributed by atoms with Crippen molar-refractivity contribution >= 4 is 10.9 Å². The van der Waals surface area contributed by atoms with Crippen LogP contribution in [0.2, 0.25) is 0 Å². The summed E-state index contributed by atoms with van der Waals surface area (Å²) in [7, 11) is 0. The van der Waals surface area contributed by atoms with Gasteiger partial charge in [-0.3, -0.25) is 9.88 Å². The van der Waals surface area contributed by atoms with Crippen LogP contribution in [0.1, 0.15) is 11.3 Å². The monoisotopic (exact) mass is 321 g/mol.